The molecule has 1 aliphatic rings. The van der Waals surface area contributed by atoms with E-state index in [1.54, 1.807) is 4.90 Å². The molecule has 1 aliphatic heterocycles. The maximum atomic E-state index is 13.3. The van der Waals surface area contributed by atoms with Crippen molar-refractivity contribution in [3.63, 3.8) is 0 Å². The number of aromatic nitrogens is 1. The SMILES string of the molecule is CNS(=O)(=O)NC(Cc1c[nH]c2ccccc12)C(=O)N1CCc2ccccc21. The van der Waals surface area contributed by atoms with Crippen LogP contribution >= 0.6 is 0 Å². The number of amides is 1. The molecule has 7 nitrogen and oxygen atoms in total. The van der Waals surface area contributed by atoms with E-state index in [0.29, 0.717) is 6.54 Å². The number of nitrogens with one attached hydrogen (secondary N) is 3. The first kappa shape index (κ1) is 18.7. The molecule has 0 aliphatic carbocycles. The van der Waals surface area contributed by atoms with Gasteiger partial charge in [-0.05, 0) is 36.1 Å². The van der Waals surface area contributed by atoms with E-state index in [1.807, 2.05) is 54.7 Å². The van der Waals surface area contributed by atoms with E-state index in [4.69, 9.17) is 0 Å². The summed E-state index contributed by atoms with van der Waals surface area (Å²) in [6, 6.07) is 14.6. The van der Waals surface area contributed by atoms with Crippen molar-refractivity contribution < 1.29 is 13.2 Å². The molecule has 0 saturated carbocycles. The molecule has 146 valence electrons. The van der Waals surface area contributed by atoms with Crippen molar-refractivity contribution in [2.24, 2.45) is 0 Å². The van der Waals surface area contributed by atoms with Gasteiger partial charge in [-0.15, -0.1) is 0 Å². The number of rotatable bonds is 6. The molecule has 2 heterocycles. The summed E-state index contributed by atoms with van der Waals surface area (Å²) in [7, 11) is -2.46. The van der Waals surface area contributed by atoms with E-state index >= 15 is 0 Å². The van der Waals surface area contributed by atoms with Crippen LogP contribution in [0.3, 0.4) is 0 Å². The summed E-state index contributed by atoms with van der Waals surface area (Å²) in [5, 5.41) is 0.978. The van der Waals surface area contributed by atoms with Crippen molar-refractivity contribution in [3.05, 3.63) is 65.9 Å². The van der Waals surface area contributed by atoms with E-state index < -0.39 is 16.3 Å². The third kappa shape index (κ3) is 3.54. The Hall–Kier alpha value is -2.68. The molecule has 0 fully saturated rings. The predicted molar refractivity (Wildman–Crippen MR) is 109 cm³/mol. The topological polar surface area (TPSA) is 94.3 Å². The highest BCUT2D eigenvalue weighted by Crippen LogP contribution is 2.29. The molecule has 28 heavy (non-hydrogen) atoms. The third-order valence-corrected chi connectivity index (χ3v) is 6.25. The molecule has 1 atom stereocenters. The van der Waals surface area contributed by atoms with E-state index in [9.17, 15) is 13.2 Å². The second kappa shape index (κ2) is 7.38. The minimum Gasteiger partial charge on any atom is -0.361 e. The average molecular weight is 398 g/mol. The van der Waals surface area contributed by atoms with E-state index in [2.05, 4.69) is 14.4 Å². The zero-order chi connectivity index (χ0) is 19.7. The highest BCUT2D eigenvalue weighted by Gasteiger charge is 2.32. The molecule has 2 aromatic carbocycles. The van der Waals surface area contributed by atoms with Gasteiger partial charge in [-0.25, -0.2) is 4.72 Å². The Kier molecular flexibility index (Phi) is 4.92. The summed E-state index contributed by atoms with van der Waals surface area (Å²) in [5.74, 6) is -0.256. The first-order valence-electron chi connectivity index (χ1n) is 9.13. The van der Waals surface area contributed by atoms with Crippen LogP contribution in [0.15, 0.2) is 54.7 Å². The van der Waals surface area contributed by atoms with Gasteiger partial charge in [-0.3, -0.25) is 4.79 Å². The largest absolute Gasteiger partial charge is 0.361 e. The van der Waals surface area contributed by atoms with Gasteiger partial charge in [0.15, 0.2) is 0 Å². The lowest BCUT2D eigenvalue weighted by Gasteiger charge is -2.24. The summed E-state index contributed by atoms with van der Waals surface area (Å²) >= 11 is 0. The van der Waals surface area contributed by atoms with Crippen LogP contribution in [0.2, 0.25) is 0 Å². The van der Waals surface area contributed by atoms with Gasteiger partial charge in [-0.1, -0.05) is 36.4 Å². The molecule has 0 radical (unpaired) electrons. The minimum atomic E-state index is -3.78. The Morgan fingerprint density at radius 3 is 2.75 bits per heavy atom. The Morgan fingerprint density at radius 2 is 1.93 bits per heavy atom. The van der Waals surface area contributed by atoms with Crippen molar-refractivity contribution >= 4 is 32.7 Å². The van der Waals surface area contributed by atoms with Gasteiger partial charge >= 0.3 is 0 Å². The summed E-state index contributed by atoms with van der Waals surface area (Å²) < 4.78 is 29.1. The number of fused-ring (bicyclic) bond motifs is 2. The number of carbonyl (C=O) groups is 1. The average Bonchev–Trinajstić information content (AvgIpc) is 3.31. The van der Waals surface area contributed by atoms with Crippen LogP contribution in [0.25, 0.3) is 10.9 Å². The fraction of sp³-hybridized carbons (Fsp3) is 0.250. The Bertz CT molecular complexity index is 1120. The van der Waals surface area contributed by atoms with Crippen LogP contribution in [-0.2, 0) is 27.8 Å². The quantitative estimate of drug-likeness (QED) is 0.590. The third-order valence-electron chi connectivity index (χ3n) is 5.12. The van der Waals surface area contributed by atoms with Crippen molar-refractivity contribution in [1.29, 1.82) is 0 Å². The number of anilines is 1. The number of benzene rings is 2. The van der Waals surface area contributed by atoms with E-state index in [-0.39, 0.29) is 12.3 Å². The van der Waals surface area contributed by atoms with Crippen LogP contribution in [0, 0.1) is 0 Å². The molecular weight excluding hydrogens is 376 g/mol. The van der Waals surface area contributed by atoms with Crippen LogP contribution < -0.4 is 14.3 Å². The number of hydrogen-bond donors (Lipinski definition) is 3. The standard InChI is InChI=1S/C20H22N4O3S/c1-21-28(26,27)23-18(12-15-13-22-17-8-4-3-7-16(15)17)20(25)24-11-10-14-6-2-5-9-19(14)24/h2-9,13,18,21-23H,10-12H2,1H3. The van der Waals surface area contributed by atoms with Gasteiger partial charge in [0.2, 0.25) is 5.91 Å². The van der Waals surface area contributed by atoms with Crippen LogP contribution in [0.5, 0.6) is 0 Å². The normalized spacial score (nSPS) is 15.0. The zero-order valence-corrected chi connectivity index (χ0v) is 16.3. The van der Waals surface area contributed by atoms with Gasteiger partial charge in [0.05, 0.1) is 0 Å². The highest BCUT2D eigenvalue weighted by molar-refractivity contribution is 7.87. The molecule has 0 saturated heterocycles. The van der Waals surface area contributed by atoms with Crippen LogP contribution in [0.4, 0.5) is 5.69 Å². The molecule has 1 amide bonds. The monoisotopic (exact) mass is 398 g/mol. The predicted octanol–water partition coefficient (Wildman–Crippen LogP) is 1.72. The fourth-order valence-electron chi connectivity index (χ4n) is 3.70. The molecule has 0 spiro atoms. The summed E-state index contributed by atoms with van der Waals surface area (Å²) in [6.07, 6.45) is 2.85. The molecule has 3 aromatic rings. The van der Waals surface area contributed by atoms with Gasteiger partial charge in [0.1, 0.15) is 6.04 Å². The van der Waals surface area contributed by atoms with E-state index in [0.717, 1.165) is 34.1 Å². The Morgan fingerprint density at radius 1 is 1.18 bits per heavy atom. The van der Waals surface area contributed by atoms with Crippen LogP contribution in [0.1, 0.15) is 11.1 Å². The van der Waals surface area contributed by atoms with Gasteiger partial charge in [0.25, 0.3) is 10.2 Å². The maximum absolute atomic E-state index is 13.3. The van der Waals surface area contributed by atoms with Crippen molar-refractivity contribution in [2.45, 2.75) is 18.9 Å². The number of aromatic amines is 1. The van der Waals surface area contributed by atoms with Crippen molar-refractivity contribution in [3.8, 4) is 0 Å². The molecule has 3 N–H and O–H groups in total. The fourth-order valence-corrected chi connectivity index (χ4v) is 4.38. The molecule has 4 rings (SSSR count). The lowest BCUT2D eigenvalue weighted by Crippen LogP contribution is -2.51. The number of nitrogens with zero attached hydrogens (tertiary/aromatic N) is 1. The number of H-pyrrole nitrogens is 1. The first-order valence-corrected chi connectivity index (χ1v) is 10.6. The summed E-state index contributed by atoms with van der Waals surface area (Å²) in [5.41, 5.74) is 3.78. The first-order chi connectivity index (χ1) is 13.5. The molecule has 0 bridgehead atoms. The number of para-hydroxylation sites is 2. The van der Waals surface area contributed by atoms with Gasteiger partial charge in [-0.2, -0.15) is 13.1 Å². The zero-order valence-electron chi connectivity index (χ0n) is 15.5. The molecular formula is C20H22N4O3S. The van der Waals surface area contributed by atoms with Gasteiger partial charge < -0.3 is 9.88 Å². The van der Waals surface area contributed by atoms with Crippen molar-refractivity contribution in [1.82, 2.24) is 14.4 Å². The lowest BCUT2D eigenvalue weighted by molar-refractivity contribution is -0.120. The smallest absolute Gasteiger partial charge is 0.277 e. The highest BCUT2D eigenvalue weighted by atomic mass is 32.2. The maximum Gasteiger partial charge on any atom is 0.277 e. The Balaban J connectivity index is 1.67. The van der Waals surface area contributed by atoms with Crippen LogP contribution in [-0.4, -0.2) is 38.9 Å². The number of hydrogen-bond acceptors (Lipinski definition) is 3. The van der Waals surface area contributed by atoms with E-state index in [1.165, 1.54) is 7.05 Å². The minimum absolute atomic E-state index is 0.252. The van der Waals surface area contributed by atoms with Crippen molar-refractivity contribution in [2.75, 3.05) is 18.5 Å². The molecule has 1 unspecified atom stereocenters. The van der Waals surface area contributed by atoms with Gasteiger partial charge in [0, 0.05) is 36.4 Å². The molecule has 8 heteroatoms. The summed E-state index contributed by atoms with van der Waals surface area (Å²) in [6.45, 7) is 0.545. The lowest BCUT2D eigenvalue weighted by atomic mass is 10.0. The molecule has 1 aromatic heterocycles. The second-order valence-corrected chi connectivity index (χ2v) is 8.46. The second-order valence-electron chi connectivity index (χ2n) is 6.81. The number of carbonyl (C=O) groups excluding carboxylic acids is 1. The summed E-state index contributed by atoms with van der Waals surface area (Å²) in [4.78, 5) is 18.2. The Labute approximate surface area is 163 Å².